The molecule has 0 N–H and O–H groups in total. The molecule has 6 nitrogen and oxygen atoms in total. The summed E-state index contributed by atoms with van der Waals surface area (Å²) in [6.07, 6.45) is 3.64. The molecule has 0 fully saturated rings. The molecule has 3 aromatic rings. The van der Waals surface area contributed by atoms with E-state index in [0.717, 1.165) is 10.6 Å². The molecule has 0 bridgehead atoms. The molecule has 92 valence electrons. The zero-order valence-corrected chi connectivity index (χ0v) is 10.6. The Morgan fingerprint density at radius 1 is 1.22 bits per heavy atom. The van der Waals surface area contributed by atoms with E-state index in [1.807, 2.05) is 6.20 Å². The number of nitrogens with zero attached hydrogens (tertiary/aromatic N) is 4. The van der Waals surface area contributed by atoms with Crippen LogP contribution in [0.25, 0.3) is 16.3 Å². The molecule has 0 aliphatic carbocycles. The van der Waals surface area contributed by atoms with Crippen molar-refractivity contribution in [3.8, 4) is 22.3 Å². The second kappa shape index (κ2) is 4.26. The summed E-state index contributed by atoms with van der Waals surface area (Å²) in [7, 11) is 3.16. The molecule has 0 saturated heterocycles. The van der Waals surface area contributed by atoms with Crippen molar-refractivity contribution >= 4 is 17.1 Å². The van der Waals surface area contributed by atoms with Gasteiger partial charge in [-0.1, -0.05) is 0 Å². The molecule has 0 atom stereocenters. The smallest absolute Gasteiger partial charge is 0.240 e. The Labute approximate surface area is 107 Å². The molecular weight excluding hydrogens is 252 g/mol. The Kier molecular flexibility index (Phi) is 2.60. The lowest BCUT2D eigenvalue weighted by Gasteiger charge is -2.04. The number of hydrogen-bond donors (Lipinski definition) is 0. The molecule has 0 aliphatic rings. The van der Waals surface area contributed by atoms with Crippen LogP contribution in [0, 0.1) is 0 Å². The second-order valence-electron chi connectivity index (χ2n) is 3.50. The van der Waals surface area contributed by atoms with Gasteiger partial charge >= 0.3 is 0 Å². The molecule has 18 heavy (non-hydrogen) atoms. The molecule has 0 aromatic carbocycles. The minimum atomic E-state index is 0.473. The second-order valence-corrected chi connectivity index (χ2v) is 4.39. The van der Waals surface area contributed by atoms with Crippen molar-refractivity contribution in [2.45, 2.75) is 0 Å². The molecule has 0 aliphatic heterocycles. The summed E-state index contributed by atoms with van der Waals surface area (Å²) in [5.41, 5.74) is 2.58. The van der Waals surface area contributed by atoms with E-state index in [0.29, 0.717) is 17.5 Å². The van der Waals surface area contributed by atoms with Crippen LogP contribution in [0.3, 0.4) is 0 Å². The first-order valence-corrected chi connectivity index (χ1v) is 6.07. The highest BCUT2D eigenvalue weighted by Crippen LogP contribution is 2.26. The lowest BCUT2D eigenvalue weighted by molar-refractivity contribution is 0.369. The monoisotopic (exact) mass is 262 g/mol. The highest BCUT2D eigenvalue weighted by atomic mass is 32.1. The van der Waals surface area contributed by atoms with Crippen LogP contribution < -0.4 is 9.47 Å². The normalized spacial score (nSPS) is 10.8. The van der Waals surface area contributed by atoms with Crippen LogP contribution in [0.4, 0.5) is 0 Å². The molecule has 3 rings (SSSR count). The van der Waals surface area contributed by atoms with Gasteiger partial charge in [0.05, 0.1) is 30.7 Å². The van der Waals surface area contributed by atoms with E-state index in [9.17, 15) is 0 Å². The Morgan fingerprint density at radius 3 is 2.78 bits per heavy atom. The topological polar surface area (TPSA) is 61.5 Å². The van der Waals surface area contributed by atoms with Gasteiger partial charge in [0.2, 0.25) is 17.5 Å². The van der Waals surface area contributed by atoms with Crippen molar-refractivity contribution in [2.24, 2.45) is 0 Å². The third kappa shape index (κ3) is 1.68. The van der Waals surface area contributed by atoms with Gasteiger partial charge in [-0.15, -0.1) is 11.3 Å². The van der Waals surface area contributed by atoms with Crippen LogP contribution in [-0.2, 0) is 0 Å². The predicted molar refractivity (Wildman–Crippen MR) is 67.2 cm³/mol. The number of aromatic nitrogens is 4. The molecule has 0 unspecified atom stereocenters. The van der Waals surface area contributed by atoms with Crippen molar-refractivity contribution < 1.29 is 9.47 Å². The Hall–Kier alpha value is -2.15. The largest absolute Gasteiger partial charge is 0.482 e. The standard InChI is InChI=1S/C11H10N4O2S/c1-16-9-3-10(17-2)15-5-7(13-11(15)14-9)8-4-12-6-18-8/h3-6H,1-2H3. The molecule has 0 saturated carbocycles. The molecule has 7 heteroatoms. The number of methoxy groups -OCH3 is 2. The fourth-order valence-corrected chi connectivity index (χ4v) is 2.22. The zero-order chi connectivity index (χ0) is 12.5. The fourth-order valence-electron chi connectivity index (χ4n) is 1.64. The molecule has 3 aromatic heterocycles. The van der Waals surface area contributed by atoms with Crippen molar-refractivity contribution in [1.82, 2.24) is 19.4 Å². The summed E-state index contributed by atoms with van der Waals surface area (Å²) in [6, 6.07) is 1.71. The summed E-state index contributed by atoms with van der Waals surface area (Å²) in [4.78, 5) is 13.7. The SMILES string of the molecule is COc1cc(OC)n2cc(-c3cncs3)nc2n1. The van der Waals surface area contributed by atoms with Crippen LogP contribution in [0.2, 0.25) is 0 Å². The number of hydrogen-bond acceptors (Lipinski definition) is 6. The highest BCUT2D eigenvalue weighted by Gasteiger charge is 2.12. The summed E-state index contributed by atoms with van der Waals surface area (Å²) in [6.45, 7) is 0. The number of imidazole rings is 1. The number of ether oxygens (including phenoxy) is 2. The van der Waals surface area contributed by atoms with Crippen LogP contribution >= 0.6 is 11.3 Å². The van der Waals surface area contributed by atoms with Crippen LogP contribution in [0.1, 0.15) is 0 Å². The molecule has 0 amide bonds. The van der Waals surface area contributed by atoms with E-state index in [-0.39, 0.29) is 0 Å². The minimum Gasteiger partial charge on any atom is -0.482 e. The molecule has 0 radical (unpaired) electrons. The number of rotatable bonds is 3. The van der Waals surface area contributed by atoms with Gasteiger partial charge < -0.3 is 9.47 Å². The summed E-state index contributed by atoms with van der Waals surface area (Å²) in [5.74, 6) is 1.63. The van der Waals surface area contributed by atoms with Crippen molar-refractivity contribution in [2.75, 3.05) is 14.2 Å². The lowest BCUT2D eigenvalue weighted by atomic mass is 10.4. The summed E-state index contributed by atoms with van der Waals surface area (Å²) < 4.78 is 12.2. The van der Waals surface area contributed by atoms with Gasteiger partial charge in [0.15, 0.2) is 0 Å². The van der Waals surface area contributed by atoms with Gasteiger partial charge in [0.1, 0.15) is 5.69 Å². The maximum atomic E-state index is 5.29. The lowest BCUT2D eigenvalue weighted by Crippen LogP contribution is -1.97. The van der Waals surface area contributed by atoms with Gasteiger partial charge in [0.25, 0.3) is 0 Å². The third-order valence-corrected chi connectivity index (χ3v) is 3.28. The van der Waals surface area contributed by atoms with E-state index in [4.69, 9.17) is 9.47 Å². The minimum absolute atomic E-state index is 0.473. The average molecular weight is 262 g/mol. The Morgan fingerprint density at radius 2 is 2.11 bits per heavy atom. The maximum Gasteiger partial charge on any atom is 0.240 e. The van der Waals surface area contributed by atoms with Crippen molar-refractivity contribution in [1.29, 1.82) is 0 Å². The fraction of sp³-hybridized carbons (Fsp3) is 0.182. The van der Waals surface area contributed by atoms with Gasteiger partial charge in [-0.3, -0.25) is 9.38 Å². The molecular formula is C11H10N4O2S. The van der Waals surface area contributed by atoms with Gasteiger partial charge in [-0.05, 0) is 0 Å². The van der Waals surface area contributed by atoms with Crippen molar-refractivity contribution in [3.63, 3.8) is 0 Å². The highest BCUT2D eigenvalue weighted by molar-refractivity contribution is 7.13. The first-order valence-electron chi connectivity index (χ1n) is 5.19. The Balaban J connectivity index is 2.22. The van der Waals surface area contributed by atoms with Crippen molar-refractivity contribution in [3.05, 3.63) is 24.0 Å². The molecule has 3 heterocycles. The van der Waals surface area contributed by atoms with Crippen LogP contribution in [-0.4, -0.2) is 33.6 Å². The van der Waals surface area contributed by atoms with Gasteiger partial charge in [0, 0.05) is 12.4 Å². The average Bonchev–Trinajstić information content (AvgIpc) is 3.05. The van der Waals surface area contributed by atoms with E-state index < -0.39 is 0 Å². The Bertz CT molecular complexity index is 678. The van der Waals surface area contributed by atoms with Gasteiger partial charge in [-0.2, -0.15) is 4.98 Å². The molecule has 0 spiro atoms. The third-order valence-electron chi connectivity index (χ3n) is 2.48. The number of thiazole rings is 1. The quantitative estimate of drug-likeness (QED) is 0.721. The van der Waals surface area contributed by atoms with Crippen LogP contribution in [0.5, 0.6) is 11.8 Å². The first kappa shape index (κ1) is 11.0. The number of fused-ring (bicyclic) bond motifs is 1. The summed E-state index contributed by atoms with van der Waals surface area (Å²) in [5, 5.41) is 0. The zero-order valence-electron chi connectivity index (χ0n) is 9.82. The van der Waals surface area contributed by atoms with E-state index >= 15 is 0 Å². The maximum absolute atomic E-state index is 5.29. The van der Waals surface area contributed by atoms with E-state index in [1.165, 1.54) is 11.3 Å². The van der Waals surface area contributed by atoms with Gasteiger partial charge in [-0.25, -0.2) is 4.98 Å². The van der Waals surface area contributed by atoms with E-state index in [2.05, 4.69) is 15.0 Å². The predicted octanol–water partition coefficient (Wildman–Crippen LogP) is 1.87. The van der Waals surface area contributed by atoms with E-state index in [1.54, 1.807) is 36.4 Å². The first-order chi connectivity index (χ1) is 8.81. The summed E-state index contributed by atoms with van der Waals surface area (Å²) >= 11 is 1.53. The van der Waals surface area contributed by atoms with Crippen LogP contribution in [0.15, 0.2) is 24.0 Å².